The van der Waals surface area contributed by atoms with Gasteiger partial charge in [-0.25, -0.2) is 9.59 Å². The molecule has 0 spiro atoms. The van der Waals surface area contributed by atoms with Crippen LogP contribution in [0.1, 0.15) is 31.8 Å². The molecule has 0 atom stereocenters. The normalized spacial score (nSPS) is 11.0. The topological polar surface area (TPSA) is 144 Å². The number of halogens is 3. The number of methoxy groups -OCH3 is 2. The monoisotopic (exact) mass is 616 g/mol. The molecule has 216 valence electrons. The van der Waals surface area contributed by atoms with Crippen molar-refractivity contribution in [3.05, 3.63) is 82.9 Å². The van der Waals surface area contributed by atoms with E-state index >= 15 is 0 Å². The lowest BCUT2D eigenvalue weighted by Crippen LogP contribution is -2.29. The Hall–Kier alpha value is -4.79. The predicted octanol–water partition coefficient (Wildman–Crippen LogP) is 5.95. The number of esters is 2. The molecule has 0 radical (unpaired) electrons. The van der Waals surface area contributed by atoms with Crippen LogP contribution in [0.5, 0.6) is 5.75 Å². The highest BCUT2D eigenvalue weighted by Gasteiger charge is 2.49. The van der Waals surface area contributed by atoms with Crippen LogP contribution in [-0.2, 0) is 19.6 Å². The van der Waals surface area contributed by atoms with Crippen LogP contribution < -0.4 is 4.18 Å². The number of fused-ring (bicyclic) bond motifs is 2. The molecule has 0 aliphatic carbocycles. The van der Waals surface area contributed by atoms with Crippen molar-refractivity contribution in [2.45, 2.75) is 10.4 Å². The largest absolute Gasteiger partial charge is 0.534 e. The average Bonchev–Trinajstić information content (AvgIpc) is 2.98. The molecule has 42 heavy (non-hydrogen) atoms. The Morgan fingerprint density at radius 2 is 1.26 bits per heavy atom. The second kappa shape index (κ2) is 12.8. The number of rotatable bonds is 5. The van der Waals surface area contributed by atoms with Crippen molar-refractivity contribution in [2.24, 2.45) is 0 Å². The van der Waals surface area contributed by atoms with Crippen LogP contribution in [0.4, 0.5) is 13.2 Å². The van der Waals surface area contributed by atoms with Gasteiger partial charge in [0.05, 0.1) is 30.9 Å². The lowest BCUT2D eigenvalue weighted by atomic mass is 10.00. The molecule has 4 aromatic carbocycles. The third-order valence-electron chi connectivity index (χ3n) is 5.70. The SMILES string of the molecule is COC(=O)c1c(OS(=O)(=O)C(F)(F)F)c(C#N)cc2ccccc12.COC(=O)c1c(SC)c(C#N)cc2ccccc12. The molecule has 0 saturated carbocycles. The van der Waals surface area contributed by atoms with E-state index in [4.69, 9.17) is 10.00 Å². The summed E-state index contributed by atoms with van der Waals surface area (Å²) in [5.41, 5.74) is -5.89. The number of ether oxygens (including phenoxy) is 2. The van der Waals surface area contributed by atoms with E-state index in [1.54, 1.807) is 12.1 Å². The third-order valence-corrected chi connectivity index (χ3v) is 7.49. The van der Waals surface area contributed by atoms with Gasteiger partial charge >= 0.3 is 27.6 Å². The first-order valence-corrected chi connectivity index (χ1v) is 14.1. The molecule has 0 unspecified atom stereocenters. The predicted molar refractivity (Wildman–Crippen MR) is 147 cm³/mol. The van der Waals surface area contributed by atoms with Crippen LogP contribution in [0, 0.1) is 22.7 Å². The van der Waals surface area contributed by atoms with Crippen LogP contribution in [0.2, 0.25) is 0 Å². The van der Waals surface area contributed by atoms with Gasteiger partial charge in [-0.3, -0.25) is 0 Å². The van der Waals surface area contributed by atoms with Gasteiger partial charge in [0.15, 0.2) is 5.75 Å². The number of nitriles is 2. The molecular weight excluding hydrogens is 597 g/mol. The van der Waals surface area contributed by atoms with Gasteiger partial charge in [-0.05, 0) is 34.5 Å². The lowest BCUT2D eigenvalue weighted by Gasteiger charge is -2.15. The van der Waals surface area contributed by atoms with Gasteiger partial charge in [0.1, 0.15) is 17.7 Å². The van der Waals surface area contributed by atoms with Crippen molar-refractivity contribution in [3.8, 4) is 17.9 Å². The van der Waals surface area contributed by atoms with Gasteiger partial charge in [0, 0.05) is 10.3 Å². The molecule has 0 aromatic heterocycles. The zero-order valence-electron chi connectivity index (χ0n) is 22.0. The summed E-state index contributed by atoms with van der Waals surface area (Å²) in [6.45, 7) is 0. The van der Waals surface area contributed by atoms with Crippen LogP contribution in [0.3, 0.4) is 0 Å². The molecule has 0 fully saturated rings. The van der Waals surface area contributed by atoms with Crippen molar-refractivity contribution in [3.63, 3.8) is 0 Å². The van der Waals surface area contributed by atoms with E-state index in [0.29, 0.717) is 21.4 Å². The summed E-state index contributed by atoms with van der Waals surface area (Å²) in [6, 6.07) is 19.9. The van der Waals surface area contributed by atoms with E-state index in [1.165, 1.54) is 43.1 Å². The summed E-state index contributed by atoms with van der Waals surface area (Å²) >= 11 is 1.38. The molecule has 0 aliphatic heterocycles. The molecule has 0 heterocycles. The standard InChI is InChI=1S/C14H8F3NO5S.C14H11NO2S/c1-22-13(19)11-10-5-3-2-4-8(10)6-9(7-18)12(11)23-24(20,21)14(15,16)17;1-17-14(16)12-11-6-4-3-5-9(11)7-10(8-15)13(12)18-2/h2-6H,1H3;3-7H,1-2H3. The first-order valence-electron chi connectivity index (χ1n) is 11.5. The Kier molecular flexibility index (Phi) is 9.67. The van der Waals surface area contributed by atoms with Crippen LogP contribution in [0.25, 0.3) is 21.5 Å². The van der Waals surface area contributed by atoms with Gasteiger partial charge in [0.2, 0.25) is 0 Å². The van der Waals surface area contributed by atoms with Gasteiger partial charge in [-0.15, -0.1) is 11.8 Å². The second-order valence-corrected chi connectivity index (χ2v) is 10.4. The van der Waals surface area contributed by atoms with E-state index in [0.717, 1.165) is 23.9 Å². The highest BCUT2D eigenvalue weighted by Crippen LogP contribution is 2.36. The number of carbonyl (C=O) groups excluding carboxylic acids is 2. The van der Waals surface area contributed by atoms with E-state index in [1.807, 2.05) is 30.5 Å². The molecule has 0 bridgehead atoms. The summed E-state index contributed by atoms with van der Waals surface area (Å²) in [5.74, 6) is -2.58. The first-order chi connectivity index (χ1) is 19.8. The fourth-order valence-electron chi connectivity index (χ4n) is 3.89. The van der Waals surface area contributed by atoms with E-state index in [-0.39, 0.29) is 5.39 Å². The zero-order valence-corrected chi connectivity index (χ0v) is 23.6. The summed E-state index contributed by atoms with van der Waals surface area (Å²) in [5, 5.41) is 20.4. The number of carbonyl (C=O) groups is 2. The minimum absolute atomic E-state index is 0.0794. The van der Waals surface area contributed by atoms with Gasteiger partial charge in [-0.2, -0.15) is 32.1 Å². The number of hydrogen-bond acceptors (Lipinski definition) is 10. The van der Waals surface area contributed by atoms with E-state index in [2.05, 4.69) is 15.0 Å². The number of thioether (sulfide) groups is 1. The summed E-state index contributed by atoms with van der Waals surface area (Å²) in [4.78, 5) is 24.6. The van der Waals surface area contributed by atoms with Crippen molar-refractivity contribution < 1.29 is 44.8 Å². The van der Waals surface area contributed by atoms with E-state index in [9.17, 15) is 36.4 Å². The minimum Gasteiger partial charge on any atom is -0.465 e. The molecule has 9 nitrogen and oxygen atoms in total. The average molecular weight is 617 g/mol. The highest BCUT2D eigenvalue weighted by molar-refractivity contribution is 7.98. The van der Waals surface area contributed by atoms with Crippen molar-refractivity contribution in [1.82, 2.24) is 0 Å². The van der Waals surface area contributed by atoms with Gasteiger partial charge in [-0.1, -0.05) is 48.5 Å². The van der Waals surface area contributed by atoms with Crippen molar-refractivity contribution >= 4 is 55.4 Å². The van der Waals surface area contributed by atoms with Crippen LogP contribution >= 0.6 is 11.8 Å². The maximum Gasteiger partial charge on any atom is 0.534 e. The molecule has 0 saturated heterocycles. The summed E-state index contributed by atoms with van der Waals surface area (Å²) in [6.07, 6.45) is 1.84. The zero-order chi connectivity index (χ0) is 31.2. The maximum absolute atomic E-state index is 12.6. The fourth-order valence-corrected chi connectivity index (χ4v) is 5.10. The quantitative estimate of drug-likeness (QED) is 0.114. The Bertz CT molecular complexity index is 1890. The molecular formula is C28H19F3N2O7S2. The molecule has 14 heteroatoms. The third kappa shape index (κ3) is 6.25. The number of nitrogens with zero attached hydrogens (tertiary/aromatic N) is 2. The summed E-state index contributed by atoms with van der Waals surface area (Å²) in [7, 11) is -3.77. The first kappa shape index (κ1) is 31.7. The lowest BCUT2D eigenvalue weighted by molar-refractivity contribution is -0.0500. The Morgan fingerprint density at radius 1 is 0.810 bits per heavy atom. The van der Waals surface area contributed by atoms with Crippen molar-refractivity contribution in [2.75, 3.05) is 20.5 Å². The number of alkyl halides is 3. The summed E-state index contributed by atoms with van der Waals surface area (Å²) < 4.78 is 73.7. The van der Waals surface area contributed by atoms with Crippen LogP contribution in [-0.4, -0.2) is 46.3 Å². The van der Waals surface area contributed by atoms with Gasteiger partial charge in [0.25, 0.3) is 0 Å². The Balaban J connectivity index is 0.000000240. The van der Waals surface area contributed by atoms with Gasteiger partial charge < -0.3 is 13.7 Å². The number of hydrogen-bond donors (Lipinski definition) is 0. The molecule has 0 amide bonds. The molecule has 0 aliphatic rings. The van der Waals surface area contributed by atoms with Crippen LogP contribution in [0.15, 0.2) is 65.6 Å². The molecule has 4 aromatic rings. The Labute approximate surface area is 242 Å². The maximum atomic E-state index is 12.6. The molecule has 0 N–H and O–H groups in total. The van der Waals surface area contributed by atoms with E-state index < -0.39 is 44.4 Å². The molecule has 4 rings (SSSR count). The second-order valence-electron chi connectivity index (χ2n) is 8.09. The fraction of sp³-hybridized carbons (Fsp3) is 0.143. The highest BCUT2D eigenvalue weighted by atomic mass is 32.2. The minimum atomic E-state index is -6.08. The van der Waals surface area contributed by atoms with Crippen molar-refractivity contribution in [1.29, 1.82) is 10.5 Å². The smallest absolute Gasteiger partial charge is 0.465 e. The number of benzene rings is 4. The Morgan fingerprint density at radius 3 is 1.71 bits per heavy atom.